The lowest BCUT2D eigenvalue weighted by molar-refractivity contribution is 0.253. The molecule has 1 aromatic carbocycles. The van der Waals surface area contributed by atoms with Gasteiger partial charge >= 0.3 is 0 Å². The molecular weight excluding hydrogens is 247 g/mol. The minimum absolute atomic E-state index is 0.00195. The Labute approximate surface area is 113 Å². The van der Waals surface area contributed by atoms with Gasteiger partial charge in [0.1, 0.15) is 5.82 Å². The molecule has 1 heterocycles. The normalized spacial score (nSPS) is 21.4. The minimum atomic E-state index is -0.203. The van der Waals surface area contributed by atoms with Crippen LogP contribution in [0.1, 0.15) is 24.4 Å². The molecule has 18 heavy (non-hydrogen) atoms. The molecule has 2 nitrogen and oxygen atoms in total. The van der Waals surface area contributed by atoms with Gasteiger partial charge in [-0.2, -0.15) is 11.8 Å². The lowest BCUT2D eigenvalue weighted by Gasteiger charge is -2.25. The van der Waals surface area contributed by atoms with Crippen molar-refractivity contribution in [2.45, 2.75) is 24.9 Å². The van der Waals surface area contributed by atoms with E-state index < -0.39 is 0 Å². The third kappa shape index (κ3) is 3.70. The number of hydrogen-bond acceptors (Lipinski definition) is 3. The Morgan fingerprint density at radius 2 is 2.17 bits per heavy atom. The van der Waals surface area contributed by atoms with E-state index in [9.17, 15) is 4.39 Å². The van der Waals surface area contributed by atoms with Crippen LogP contribution in [0.15, 0.2) is 24.3 Å². The molecule has 100 valence electrons. The first-order valence-corrected chi connectivity index (χ1v) is 7.61. The van der Waals surface area contributed by atoms with Gasteiger partial charge in [-0.1, -0.05) is 12.1 Å². The Hall–Kier alpha value is -0.580. The molecule has 4 heteroatoms. The van der Waals surface area contributed by atoms with Crippen molar-refractivity contribution >= 4 is 11.8 Å². The van der Waals surface area contributed by atoms with Crippen LogP contribution in [0.4, 0.5) is 4.39 Å². The Kier molecular flexibility index (Phi) is 5.03. The van der Waals surface area contributed by atoms with Crippen LogP contribution in [0.5, 0.6) is 0 Å². The molecule has 0 saturated carbocycles. The van der Waals surface area contributed by atoms with E-state index in [4.69, 9.17) is 5.73 Å². The van der Waals surface area contributed by atoms with E-state index in [2.05, 4.69) is 11.9 Å². The van der Waals surface area contributed by atoms with Crippen molar-refractivity contribution in [1.29, 1.82) is 0 Å². The number of hydrogen-bond donors (Lipinski definition) is 1. The summed E-state index contributed by atoms with van der Waals surface area (Å²) >= 11 is 2.03. The van der Waals surface area contributed by atoms with Crippen LogP contribution < -0.4 is 5.73 Å². The van der Waals surface area contributed by atoms with Gasteiger partial charge in [-0.3, -0.25) is 0 Å². The fourth-order valence-electron chi connectivity index (χ4n) is 2.27. The molecule has 1 saturated heterocycles. The lowest BCUT2D eigenvalue weighted by Crippen LogP contribution is -2.33. The highest BCUT2D eigenvalue weighted by Gasteiger charge is 2.20. The average Bonchev–Trinajstić information content (AvgIpc) is 2.90. The van der Waals surface area contributed by atoms with Crippen LogP contribution in [0, 0.1) is 5.82 Å². The second-order valence-corrected chi connectivity index (χ2v) is 6.09. The van der Waals surface area contributed by atoms with Crippen LogP contribution >= 0.6 is 11.8 Å². The molecule has 2 N–H and O–H groups in total. The first kappa shape index (κ1) is 13.8. The van der Waals surface area contributed by atoms with Crippen molar-refractivity contribution in [2.75, 3.05) is 25.1 Å². The topological polar surface area (TPSA) is 29.3 Å². The molecule has 2 rings (SSSR count). The van der Waals surface area contributed by atoms with Gasteiger partial charge < -0.3 is 10.6 Å². The van der Waals surface area contributed by atoms with Crippen LogP contribution in [0.2, 0.25) is 0 Å². The summed E-state index contributed by atoms with van der Waals surface area (Å²) in [4.78, 5) is 2.41. The molecule has 2 unspecified atom stereocenters. The second kappa shape index (κ2) is 6.55. The summed E-state index contributed by atoms with van der Waals surface area (Å²) in [5.74, 6) is 2.31. The molecule has 0 radical (unpaired) electrons. The van der Waals surface area contributed by atoms with Crippen molar-refractivity contribution < 1.29 is 4.39 Å². The predicted molar refractivity (Wildman–Crippen MR) is 76.3 cm³/mol. The third-order valence-corrected chi connectivity index (χ3v) is 4.76. The Balaban J connectivity index is 1.80. The number of benzene rings is 1. The van der Waals surface area contributed by atoms with Crippen molar-refractivity contribution in [1.82, 2.24) is 4.90 Å². The summed E-state index contributed by atoms with van der Waals surface area (Å²) in [6.07, 6.45) is 2.20. The van der Waals surface area contributed by atoms with Crippen LogP contribution in [0.25, 0.3) is 0 Å². The van der Waals surface area contributed by atoms with Gasteiger partial charge in [-0.25, -0.2) is 4.39 Å². The van der Waals surface area contributed by atoms with E-state index in [1.807, 2.05) is 11.8 Å². The van der Waals surface area contributed by atoms with E-state index in [0.29, 0.717) is 6.04 Å². The largest absolute Gasteiger partial charge is 0.324 e. The van der Waals surface area contributed by atoms with E-state index in [1.54, 1.807) is 12.1 Å². The quantitative estimate of drug-likeness (QED) is 0.890. The van der Waals surface area contributed by atoms with Gasteiger partial charge in [-0.15, -0.1) is 0 Å². The molecule has 0 amide bonds. The van der Waals surface area contributed by atoms with E-state index in [0.717, 1.165) is 18.5 Å². The van der Waals surface area contributed by atoms with E-state index in [1.165, 1.54) is 30.1 Å². The second-order valence-electron chi connectivity index (χ2n) is 4.94. The standard InChI is InChI=1S/C14H21FN2S/c1-17(13-7-9-18-10-13)8-6-14(16)11-2-4-12(15)5-3-11/h2-5,13-14H,6-10,16H2,1H3. The van der Waals surface area contributed by atoms with Crippen molar-refractivity contribution in [2.24, 2.45) is 5.73 Å². The monoisotopic (exact) mass is 268 g/mol. The summed E-state index contributed by atoms with van der Waals surface area (Å²) in [5.41, 5.74) is 7.16. The molecule has 1 aliphatic rings. The van der Waals surface area contributed by atoms with Gasteiger partial charge in [0.2, 0.25) is 0 Å². The SMILES string of the molecule is CN(CCC(N)c1ccc(F)cc1)C1CCSC1. The highest BCUT2D eigenvalue weighted by molar-refractivity contribution is 7.99. The molecule has 1 aliphatic heterocycles. The van der Waals surface area contributed by atoms with E-state index >= 15 is 0 Å². The number of nitrogens with two attached hydrogens (primary N) is 1. The number of rotatable bonds is 5. The number of nitrogens with zero attached hydrogens (tertiary/aromatic N) is 1. The van der Waals surface area contributed by atoms with Gasteiger partial charge in [0.25, 0.3) is 0 Å². The fourth-order valence-corrected chi connectivity index (χ4v) is 3.57. The molecule has 0 aliphatic carbocycles. The third-order valence-electron chi connectivity index (χ3n) is 3.62. The van der Waals surface area contributed by atoms with Crippen LogP contribution in [-0.2, 0) is 0 Å². The van der Waals surface area contributed by atoms with Crippen molar-refractivity contribution in [3.8, 4) is 0 Å². The molecule has 0 spiro atoms. The Morgan fingerprint density at radius 3 is 2.78 bits per heavy atom. The predicted octanol–water partition coefficient (Wildman–Crippen LogP) is 2.65. The number of thioether (sulfide) groups is 1. The van der Waals surface area contributed by atoms with Gasteiger partial charge in [-0.05, 0) is 49.9 Å². The molecule has 1 aromatic rings. The highest BCUT2D eigenvalue weighted by Crippen LogP contribution is 2.22. The first-order valence-electron chi connectivity index (χ1n) is 6.46. The zero-order valence-corrected chi connectivity index (χ0v) is 11.6. The summed E-state index contributed by atoms with van der Waals surface area (Å²) in [6, 6.07) is 7.23. The molecular formula is C14H21FN2S. The lowest BCUT2D eigenvalue weighted by atomic mass is 10.0. The maximum Gasteiger partial charge on any atom is 0.123 e. The average molecular weight is 268 g/mol. The molecule has 2 atom stereocenters. The first-order chi connectivity index (χ1) is 8.66. The zero-order valence-electron chi connectivity index (χ0n) is 10.8. The van der Waals surface area contributed by atoms with Gasteiger partial charge in [0.15, 0.2) is 0 Å². The summed E-state index contributed by atoms with van der Waals surface area (Å²) < 4.78 is 12.8. The zero-order chi connectivity index (χ0) is 13.0. The molecule has 0 aromatic heterocycles. The van der Waals surface area contributed by atoms with Crippen LogP contribution in [-0.4, -0.2) is 36.0 Å². The van der Waals surface area contributed by atoms with Crippen molar-refractivity contribution in [3.05, 3.63) is 35.6 Å². The number of halogens is 1. The van der Waals surface area contributed by atoms with Gasteiger partial charge in [0.05, 0.1) is 0 Å². The van der Waals surface area contributed by atoms with Gasteiger partial charge in [0, 0.05) is 17.8 Å². The van der Waals surface area contributed by atoms with Crippen LogP contribution in [0.3, 0.4) is 0 Å². The van der Waals surface area contributed by atoms with Crippen molar-refractivity contribution in [3.63, 3.8) is 0 Å². The maximum atomic E-state index is 12.8. The maximum absolute atomic E-state index is 12.8. The molecule has 1 fully saturated rings. The minimum Gasteiger partial charge on any atom is -0.324 e. The summed E-state index contributed by atoms with van der Waals surface area (Å²) in [6.45, 7) is 1.00. The fraction of sp³-hybridized carbons (Fsp3) is 0.571. The summed E-state index contributed by atoms with van der Waals surface area (Å²) in [7, 11) is 2.17. The van der Waals surface area contributed by atoms with E-state index in [-0.39, 0.29) is 11.9 Å². The smallest absolute Gasteiger partial charge is 0.123 e. The highest BCUT2D eigenvalue weighted by atomic mass is 32.2. The summed E-state index contributed by atoms with van der Waals surface area (Å²) in [5, 5.41) is 0. The Morgan fingerprint density at radius 1 is 1.44 bits per heavy atom. The molecule has 0 bridgehead atoms. The Bertz CT molecular complexity index is 363.